The van der Waals surface area contributed by atoms with Crippen LogP contribution in [0.5, 0.6) is 5.75 Å². The van der Waals surface area contributed by atoms with Crippen molar-refractivity contribution in [2.75, 3.05) is 18.0 Å². The van der Waals surface area contributed by atoms with Gasteiger partial charge in [-0.3, -0.25) is 13.9 Å². The first kappa shape index (κ1) is 29.4. The molecular formula is C30H34ClN3O5S. The van der Waals surface area contributed by atoms with Crippen molar-refractivity contribution in [1.29, 1.82) is 0 Å². The molecule has 0 heterocycles. The lowest BCUT2D eigenvalue weighted by Gasteiger charge is -2.32. The van der Waals surface area contributed by atoms with Crippen LogP contribution >= 0.6 is 11.6 Å². The lowest BCUT2D eigenvalue weighted by molar-refractivity contribution is -0.139. The summed E-state index contributed by atoms with van der Waals surface area (Å²) in [4.78, 5) is 28.8. The number of carbonyl (C=O) groups excluding carboxylic acids is 2. The number of hydrogen-bond acceptors (Lipinski definition) is 5. The first-order valence-electron chi connectivity index (χ1n) is 13.3. The van der Waals surface area contributed by atoms with Gasteiger partial charge in [0.15, 0.2) is 0 Å². The van der Waals surface area contributed by atoms with Crippen LogP contribution in [-0.2, 0) is 26.2 Å². The van der Waals surface area contributed by atoms with Crippen LogP contribution in [0.4, 0.5) is 5.69 Å². The Labute approximate surface area is 240 Å². The molecule has 0 radical (unpaired) electrons. The second-order valence-electron chi connectivity index (χ2n) is 9.82. The fourth-order valence-corrected chi connectivity index (χ4v) is 6.57. The van der Waals surface area contributed by atoms with Gasteiger partial charge in [-0.15, -0.1) is 0 Å². The highest BCUT2D eigenvalue weighted by Crippen LogP contribution is 2.31. The molecule has 3 aromatic rings. The van der Waals surface area contributed by atoms with E-state index in [0.717, 1.165) is 35.6 Å². The van der Waals surface area contributed by atoms with Crippen molar-refractivity contribution < 1.29 is 22.7 Å². The van der Waals surface area contributed by atoms with E-state index in [1.807, 2.05) is 6.07 Å². The number of nitrogens with one attached hydrogen (secondary N) is 1. The smallest absolute Gasteiger partial charge is 0.264 e. The molecule has 0 saturated heterocycles. The maximum absolute atomic E-state index is 14.0. The number of para-hydroxylation sites is 1. The predicted octanol–water partition coefficient (Wildman–Crippen LogP) is 5.02. The average Bonchev–Trinajstić information content (AvgIpc) is 3.48. The van der Waals surface area contributed by atoms with Gasteiger partial charge >= 0.3 is 0 Å². The van der Waals surface area contributed by atoms with Crippen LogP contribution in [0, 0.1) is 0 Å². The van der Waals surface area contributed by atoms with Gasteiger partial charge in [0.05, 0.1) is 22.7 Å². The minimum Gasteiger partial charge on any atom is -0.497 e. The molecule has 212 valence electrons. The Hall–Kier alpha value is -3.56. The zero-order chi connectivity index (χ0) is 28.7. The summed E-state index contributed by atoms with van der Waals surface area (Å²) in [5, 5.41) is 3.24. The van der Waals surface area contributed by atoms with Gasteiger partial charge in [0.25, 0.3) is 10.0 Å². The van der Waals surface area contributed by atoms with Gasteiger partial charge in [0, 0.05) is 12.6 Å². The number of benzene rings is 3. The number of nitrogens with zero attached hydrogens (tertiary/aromatic N) is 2. The molecule has 40 heavy (non-hydrogen) atoms. The van der Waals surface area contributed by atoms with Crippen molar-refractivity contribution in [3.8, 4) is 5.75 Å². The van der Waals surface area contributed by atoms with Crippen LogP contribution in [0.15, 0.2) is 83.8 Å². The molecule has 1 fully saturated rings. The summed E-state index contributed by atoms with van der Waals surface area (Å²) in [6.45, 7) is 1.19. The molecule has 8 nitrogen and oxygen atoms in total. The standard InChI is InChI=1S/C30H34ClN3O5S/c1-22(30(36)32-24-12-6-7-13-24)33(20-23-11-10-14-25(19-23)39-2)29(35)21-34(28-18-9-8-17-27(28)31)40(37,38)26-15-4-3-5-16-26/h3-5,8-11,14-19,22,24H,6-7,12-13,20-21H2,1-2H3,(H,32,36)/t22-/m1/s1. The molecule has 1 atom stereocenters. The molecule has 4 rings (SSSR count). The van der Waals surface area contributed by atoms with Crippen LogP contribution < -0.4 is 14.4 Å². The van der Waals surface area contributed by atoms with Gasteiger partial charge < -0.3 is 15.0 Å². The average molecular weight is 584 g/mol. The van der Waals surface area contributed by atoms with Gasteiger partial charge in [0.1, 0.15) is 18.3 Å². The number of rotatable bonds is 11. The first-order chi connectivity index (χ1) is 19.2. The van der Waals surface area contributed by atoms with E-state index in [-0.39, 0.29) is 34.1 Å². The topological polar surface area (TPSA) is 96.0 Å². The quantitative estimate of drug-likeness (QED) is 0.342. The van der Waals surface area contributed by atoms with Crippen molar-refractivity contribution in [3.63, 3.8) is 0 Å². The summed E-state index contributed by atoms with van der Waals surface area (Å²) >= 11 is 6.44. The lowest BCUT2D eigenvalue weighted by atomic mass is 10.1. The monoisotopic (exact) mass is 583 g/mol. The van der Waals surface area contributed by atoms with E-state index in [1.165, 1.54) is 17.0 Å². The Morgan fingerprint density at radius 2 is 1.68 bits per heavy atom. The number of carbonyl (C=O) groups is 2. The van der Waals surface area contributed by atoms with Crippen molar-refractivity contribution in [3.05, 3.63) is 89.4 Å². The number of amides is 2. The Kier molecular flexibility index (Phi) is 9.71. The molecule has 0 aromatic heterocycles. The van der Waals surface area contributed by atoms with Crippen LogP contribution in [0.3, 0.4) is 0 Å². The number of methoxy groups -OCH3 is 1. The zero-order valence-corrected chi connectivity index (χ0v) is 24.2. The number of ether oxygens (including phenoxy) is 1. The van der Waals surface area contributed by atoms with Crippen molar-refractivity contribution in [2.45, 2.75) is 56.1 Å². The van der Waals surface area contributed by atoms with Crippen molar-refractivity contribution >= 4 is 39.1 Å². The van der Waals surface area contributed by atoms with Crippen LogP contribution in [0.1, 0.15) is 38.2 Å². The molecule has 10 heteroatoms. The first-order valence-corrected chi connectivity index (χ1v) is 15.1. The van der Waals surface area contributed by atoms with Crippen LogP contribution in [0.25, 0.3) is 0 Å². The Morgan fingerprint density at radius 3 is 2.35 bits per heavy atom. The summed E-state index contributed by atoms with van der Waals surface area (Å²) in [7, 11) is -2.62. The fraction of sp³-hybridized carbons (Fsp3) is 0.333. The Bertz CT molecular complexity index is 1430. The molecule has 1 aliphatic rings. The fourth-order valence-electron chi connectivity index (χ4n) is 4.83. The minimum absolute atomic E-state index is 0.0223. The minimum atomic E-state index is -4.17. The lowest BCUT2D eigenvalue weighted by Crippen LogP contribution is -2.52. The van der Waals surface area contributed by atoms with Gasteiger partial charge in [-0.2, -0.15) is 0 Å². The van der Waals surface area contributed by atoms with E-state index in [2.05, 4.69) is 5.32 Å². The highest BCUT2D eigenvalue weighted by atomic mass is 35.5. The van der Waals surface area contributed by atoms with E-state index in [1.54, 1.807) is 74.7 Å². The number of sulfonamides is 1. The summed E-state index contributed by atoms with van der Waals surface area (Å²) in [6.07, 6.45) is 3.90. The predicted molar refractivity (Wildman–Crippen MR) is 156 cm³/mol. The molecule has 0 aliphatic heterocycles. The van der Waals surface area contributed by atoms with E-state index < -0.39 is 28.5 Å². The number of anilines is 1. The van der Waals surface area contributed by atoms with E-state index in [9.17, 15) is 18.0 Å². The van der Waals surface area contributed by atoms with Crippen LogP contribution in [0.2, 0.25) is 5.02 Å². The maximum Gasteiger partial charge on any atom is 0.264 e. The second kappa shape index (κ2) is 13.2. The highest BCUT2D eigenvalue weighted by Gasteiger charge is 2.34. The molecular weight excluding hydrogens is 550 g/mol. The number of hydrogen-bond donors (Lipinski definition) is 1. The van der Waals surface area contributed by atoms with Gasteiger partial charge in [-0.05, 0) is 61.7 Å². The SMILES string of the molecule is COc1cccc(CN(C(=O)CN(c2ccccc2Cl)S(=O)(=O)c2ccccc2)[C@H](C)C(=O)NC2CCCC2)c1. The zero-order valence-electron chi connectivity index (χ0n) is 22.6. The largest absolute Gasteiger partial charge is 0.497 e. The molecule has 1 N–H and O–H groups in total. The van der Waals surface area contributed by atoms with Crippen molar-refractivity contribution in [2.24, 2.45) is 0 Å². The second-order valence-corrected chi connectivity index (χ2v) is 12.1. The van der Waals surface area contributed by atoms with E-state index in [4.69, 9.17) is 16.3 Å². The molecule has 0 spiro atoms. The number of halogens is 1. The third-order valence-electron chi connectivity index (χ3n) is 7.09. The summed E-state index contributed by atoms with van der Waals surface area (Å²) in [6, 6.07) is 20.8. The maximum atomic E-state index is 14.0. The highest BCUT2D eigenvalue weighted by molar-refractivity contribution is 7.92. The van der Waals surface area contributed by atoms with Crippen molar-refractivity contribution in [1.82, 2.24) is 10.2 Å². The summed E-state index contributed by atoms with van der Waals surface area (Å²) in [5.74, 6) is -0.216. The molecule has 2 amide bonds. The molecule has 3 aromatic carbocycles. The van der Waals surface area contributed by atoms with Crippen LogP contribution in [-0.4, -0.2) is 50.9 Å². The molecule has 1 saturated carbocycles. The van der Waals surface area contributed by atoms with E-state index in [0.29, 0.717) is 5.75 Å². The third kappa shape index (κ3) is 6.95. The summed E-state index contributed by atoms with van der Waals surface area (Å²) < 4.78 is 34.0. The molecule has 1 aliphatic carbocycles. The third-order valence-corrected chi connectivity index (χ3v) is 9.18. The van der Waals surface area contributed by atoms with Gasteiger partial charge in [-0.25, -0.2) is 8.42 Å². The summed E-state index contributed by atoms with van der Waals surface area (Å²) in [5.41, 5.74) is 0.911. The van der Waals surface area contributed by atoms with Gasteiger partial charge in [0.2, 0.25) is 11.8 Å². The molecule has 0 bridgehead atoms. The molecule has 0 unspecified atom stereocenters. The Morgan fingerprint density at radius 1 is 1.00 bits per heavy atom. The normalized spacial score (nSPS) is 14.4. The van der Waals surface area contributed by atoms with Gasteiger partial charge in [-0.1, -0.05) is 66.9 Å². The van der Waals surface area contributed by atoms with E-state index >= 15 is 0 Å². The Balaban J connectivity index is 1.69.